The number of nitrogens with zero attached hydrogens (tertiary/aromatic N) is 2. The molecule has 0 spiro atoms. The molecule has 0 aliphatic heterocycles. The van der Waals surface area contributed by atoms with Gasteiger partial charge in [0.25, 0.3) is 0 Å². The van der Waals surface area contributed by atoms with E-state index in [4.69, 9.17) is 9.57 Å². The summed E-state index contributed by atoms with van der Waals surface area (Å²) in [5.74, 6) is 0.751. The van der Waals surface area contributed by atoms with Crippen LogP contribution < -0.4 is 9.57 Å². The topological polar surface area (TPSA) is 53.4 Å². The van der Waals surface area contributed by atoms with Crippen LogP contribution in [0.1, 0.15) is 6.92 Å². The van der Waals surface area contributed by atoms with Crippen molar-refractivity contribution in [3.63, 3.8) is 0 Å². The maximum absolute atomic E-state index is 10.7. The third kappa shape index (κ3) is 2.60. The molecule has 0 aliphatic rings. The molecular weight excluding hydrogens is 208 g/mol. The Hall–Kier alpha value is -2.30. The fourth-order valence-electron chi connectivity index (χ4n) is 1.15. The summed E-state index contributed by atoms with van der Waals surface area (Å²) in [7, 11) is 0. The van der Waals surface area contributed by atoms with Crippen LogP contribution in [-0.4, -0.2) is 15.9 Å². The van der Waals surface area contributed by atoms with Gasteiger partial charge in [0.1, 0.15) is 5.75 Å². The van der Waals surface area contributed by atoms with Crippen molar-refractivity contribution in [3.8, 4) is 11.5 Å². The molecule has 82 valence electrons. The second-order valence-corrected chi connectivity index (χ2v) is 3.06. The highest BCUT2D eigenvalue weighted by Gasteiger charge is 1.99. The molecule has 0 unspecified atom stereocenters. The second kappa shape index (κ2) is 4.48. The highest BCUT2D eigenvalue weighted by atomic mass is 16.7. The van der Waals surface area contributed by atoms with Crippen LogP contribution >= 0.6 is 0 Å². The van der Waals surface area contributed by atoms with E-state index in [1.165, 1.54) is 11.8 Å². The highest BCUT2D eigenvalue weighted by Crippen LogP contribution is 2.17. The van der Waals surface area contributed by atoms with E-state index in [2.05, 4.69) is 5.10 Å². The molecule has 5 heteroatoms. The zero-order valence-corrected chi connectivity index (χ0v) is 8.66. The molecule has 0 saturated carbocycles. The van der Waals surface area contributed by atoms with Gasteiger partial charge in [-0.3, -0.25) is 4.79 Å². The van der Waals surface area contributed by atoms with Crippen molar-refractivity contribution >= 4 is 5.97 Å². The third-order valence-corrected chi connectivity index (χ3v) is 1.76. The summed E-state index contributed by atoms with van der Waals surface area (Å²) < 4.78 is 4.89. The minimum absolute atomic E-state index is 0.347. The Kier molecular flexibility index (Phi) is 2.86. The number of ether oxygens (including phenoxy) is 1. The quantitative estimate of drug-likeness (QED) is 0.580. The fourth-order valence-corrected chi connectivity index (χ4v) is 1.15. The van der Waals surface area contributed by atoms with Crippen molar-refractivity contribution in [1.82, 2.24) is 9.94 Å². The van der Waals surface area contributed by atoms with E-state index in [1.807, 2.05) is 0 Å². The van der Waals surface area contributed by atoms with Crippen LogP contribution in [0.25, 0.3) is 0 Å². The van der Waals surface area contributed by atoms with Gasteiger partial charge in [0.15, 0.2) is 5.75 Å². The molecule has 5 nitrogen and oxygen atoms in total. The highest BCUT2D eigenvalue weighted by molar-refractivity contribution is 5.69. The Bertz CT molecular complexity index is 462. The monoisotopic (exact) mass is 218 g/mol. The van der Waals surface area contributed by atoms with E-state index in [0.717, 1.165) is 0 Å². The molecule has 2 aromatic rings. The molecule has 0 N–H and O–H groups in total. The van der Waals surface area contributed by atoms with Crippen LogP contribution in [0.4, 0.5) is 0 Å². The third-order valence-electron chi connectivity index (χ3n) is 1.76. The van der Waals surface area contributed by atoms with E-state index in [9.17, 15) is 4.79 Å². The summed E-state index contributed by atoms with van der Waals surface area (Å²) >= 11 is 0. The molecule has 0 fully saturated rings. The lowest BCUT2D eigenvalue weighted by Crippen LogP contribution is -2.05. The lowest BCUT2D eigenvalue weighted by Gasteiger charge is -2.05. The molecule has 0 radical (unpaired) electrons. The Morgan fingerprint density at radius 3 is 2.50 bits per heavy atom. The molecule has 0 saturated heterocycles. The van der Waals surface area contributed by atoms with Crippen LogP contribution in [0, 0.1) is 0 Å². The number of carbonyl (C=O) groups excluding carboxylic acids is 1. The second-order valence-electron chi connectivity index (χ2n) is 3.06. The Balaban J connectivity index is 2.05. The zero-order chi connectivity index (χ0) is 11.4. The molecule has 1 aromatic carbocycles. The van der Waals surface area contributed by atoms with Gasteiger partial charge >= 0.3 is 5.97 Å². The number of hydrogen-bond acceptors (Lipinski definition) is 4. The van der Waals surface area contributed by atoms with Crippen LogP contribution in [0.3, 0.4) is 0 Å². The van der Waals surface area contributed by atoms with Gasteiger partial charge in [-0.05, 0) is 30.3 Å². The van der Waals surface area contributed by atoms with Crippen LogP contribution in [-0.2, 0) is 4.79 Å². The van der Waals surface area contributed by atoms with E-state index in [1.54, 1.807) is 42.7 Å². The number of benzene rings is 1. The molecule has 16 heavy (non-hydrogen) atoms. The van der Waals surface area contributed by atoms with Crippen molar-refractivity contribution < 1.29 is 14.4 Å². The molecule has 1 heterocycles. The lowest BCUT2D eigenvalue weighted by atomic mass is 10.3. The first-order chi connectivity index (χ1) is 7.74. The van der Waals surface area contributed by atoms with Crippen molar-refractivity contribution in [1.29, 1.82) is 0 Å². The van der Waals surface area contributed by atoms with Gasteiger partial charge in [0.05, 0.1) is 12.4 Å². The summed E-state index contributed by atoms with van der Waals surface area (Å²) in [6.45, 7) is 1.36. The van der Waals surface area contributed by atoms with Crippen molar-refractivity contribution in [3.05, 3.63) is 42.7 Å². The Labute approximate surface area is 92.2 Å². The predicted molar refractivity (Wildman–Crippen MR) is 56.0 cm³/mol. The first-order valence-corrected chi connectivity index (χ1v) is 4.70. The number of hydrogen-bond donors (Lipinski definition) is 0. The average molecular weight is 218 g/mol. The molecule has 0 amide bonds. The predicted octanol–water partition coefficient (Wildman–Crippen LogP) is 1.65. The molecule has 1 aromatic heterocycles. The first-order valence-electron chi connectivity index (χ1n) is 4.70. The van der Waals surface area contributed by atoms with Crippen molar-refractivity contribution in [2.45, 2.75) is 6.92 Å². The van der Waals surface area contributed by atoms with E-state index in [0.29, 0.717) is 11.5 Å². The summed E-state index contributed by atoms with van der Waals surface area (Å²) in [5, 5.41) is 3.89. The number of aromatic nitrogens is 2. The van der Waals surface area contributed by atoms with E-state index < -0.39 is 0 Å². The van der Waals surface area contributed by atoms with Gasteiger partial charge in [-0.1, -0.05) is 0 Å². The van der Waals surface area contributed by atoms with Gasteiger partial charge in [-0.25, -0.2) is 0 Å². The number of rotatable bonds is 3. The van der Waals surface area contributed by atoms with Gasteiger partial charge in [0.2, 0.25) is 0 Å². The molecule has 0 atom stereocenters. The average Bonchev–Trinajstić information content (AvgIpc) is 2.73. The van der Waals surface area contributed by atoms with Crippen molar-refractivity contribution in [2.75, 3.05) is 0 Å². The number of esters is 1. The minimum Gasteiger partial charge on any atom is -0.427 e. The lowest BCUT2D eigenvalue weighted by molar-refractivity contribution is -0.131. The summed E-state index contributed by atoms with van der Waals surface area (Å²) in [6, 6.07) is 8.45. The smallest absolute Gasteiger partial charge is 0.308 e. The summed E-state index contributed by atoms with van der Waals surface area (Å²) in [6.07, 6.45) is 3.30. The molecule has 0 bridgehead atoms. The SMILES string of the molecule is CC(=O)Oc1ccc(On2cccn2)cc1. The Morgan fingerprint density at radius 2 is 1.94 bits per heavy atom. The van der Waals surface area contributed by atoms with Crippen LogP contribution in [0.15, 0.2) is 42.7 Å². The molecule has 0 aliphatic carbocycles. The summed E-state index contributed by atoms with van der Waals surface area (Å²) in [5.41, 5.74) is 0. The van der Waals surface area contributed by atoms with Crippen LogP contribution in [0.5, 0.6) is 11.5 Å². The van der Waals surface area contributed by atoms with Gasteiger partial charge < -0.3 is 9.57 Å². The fraction of sp³-hybridized carbons (Fsp3) is 0.0909. The molecule has 2 rings (SSSR count). The Morgan fingerprint density at radius 1 is 1.25 bits per heavy atom. The maximum Gasteiger partial charge on any atom is 0.308 e. The van der Waals surface area contributed by atoms with Crippen molar-refractivity contribution in [2.24, 2.45) is 0 Å². The minimum atomic E-state index is -0.347. The normalized spacial score (nSPS) is 9.81. The molecular formula is C11H10N2O3. The van der Waals surface area contributed by atoms with Crippen LogP contribution in [0.2, 0.25) is 0 Å². The van der Waals surface area contributed by atoms with E-state index in [-0.39, 0.29) is 5.97 Å². The standard InChI is InChI=1S/C11H10N2O3/c1-9(14)15-10-3-5-11(6-4-10)16-13-8-2-7-12-13/h2-8H,1H3. The maximum atomic E-state index is 10.7. The van der Waals surface area contributed by atoms with Gasteiger partial charge in [-0.2, -0.15) is 0 Å². The van der Waals surface area contributed by atoms with Gasteiger partial charge in [0, 0.05) is 6.92 Å². The van der Waals surface area contributed by atoms with Gasteiger partial charge in [-0.15, -0.1) is 9.94 Å². The largest absolute Gasteiger partial charge is 0.427 e. The first kappa shape index (κ1) is 10.2. The van der Waals surface area contributed by atoms with E-state index >= 15 is 0 Å². The zero-order valence-electron chi connectivity index (χ0n) is 8.66. The number of carbonyl (C=O) groups is 1. The summed E-state index contributed by atoms with van der Waals surface area (Å²) in [4.78, 5) is 17.4.